The molecule has 0 bridgehead atoms. The van der Waals surface area contributed by atoms with E-state index >= 15 is 0 Å². The van der Waals surface area contributed by atoms with Gasteiger partial charge in [0.15, 0.2) is 0 Å². The van der Waals surface area contributed by atoms with Gasteiger partial charge in [0.05, 0.1) is 22.9 Å². The summed E-state index contributed by atoms with van der Waals surface area (Å²) in [5.74, 6) is 0.697. The molecule has 1 saturated heterocycles. The monoisotopic (exact) mass is 344 g/mol. The highest BCUT2D eigenvalue weighted by atomic mass is 35.5. The standard InChI is InChI=1S/C16H16ClF3N2O/c17-13-10-11(3-4-12(13)16(18,19)20)15(14-2-1-9-23-14)22-7-5-21-6-8-22/h1-4,9-10,15,21H,5-8H2/t15-/m1/s1. The third-order valence-corrected chi connectivity index (χ3v) is 4.26. The van der Waals surface area contributed by atoms with Crippen LogP contribution < -0.4 is 5.32 Å². The normalized spacial score (nSPS) is 18.1. The number of halogens is 4. The number of piperazine rings is 1. The molecule has 0 unspecified atom stereocenters. The Labute approximate surface area is 137 Å². The Bertz CT molecular complexity index is 652. The van der Waals surface area contributed by atoms with Gasteiger partial charge in [-0.3, -0.25) is 4.90 Å². The minimum Gasteiger partial charge on any atom is -0.467 e. The zero-order chi connectivity index (χ0) is 16.4. The maximum atomic E-state index is 12.9. The number of furan rings is 1. The molecule has 7 heteroatoms. The van der Waals surface area contributed by atoms with Crippen molar-refractivity contribution in [3.63, 3.8) is 0 Å². The van der Waals surface area contributed by atoms with Crippen molar-refractivity contribution in [3.05, 3.63) is 58.5 Å². The molecule has 1 N–H and O–H groups in total. The molecule has 23 heavy (non-hydrogen) atoms. The first-order chi connectivity index (χ1) is 11.0. The maximum absolute atomic E-state index is 12.9. The van der Waals surface area contributed by atoms with Crippen LogP contribution in [0.15, 0.2) is 41.0 Å². The first-order valence-corrected chi connectivity index (χ1v) is 7.69. The SMILES string of the molecule is FC(F)(F)c1ccc([C@H](c2ccco2)N2CCNCC2)cc1Cl. The summed E-state index contributed by atoms with van der Waals surface area (Å²) < 4.78 is 44.2. The quantitative estimate of drug-likeness (QED) is 0.914. The molecule has 3 rings (SSSR count). The van der Waals surface area contributed by atoms with Gasteiger partial charge in [0.25, 0.3) is 0 Å². The van der Waals surface area contributed by atoms with E-state index in [0.717, 1.165) is 32.2 Å². The number of nitrogens with zero attached hydrogens (tertiary/aromatic N) is 1. The average Bonchev–Trinajstić information content (AvgIpc) is 3.01. The van der Waals surface area contributed by atoms with Crippen LogP contribution in [0.25, 0.3) is 0 Å². The van der Waals surface area contributed by atoms with Gasteiger partial charge in [0, 0.05) is 26.2 Å². The summed E-state index contributed by atoms with van der Waals surface area (Å²) in [4.78, 5) is 2.17. The van der Waals surface area contributed by atoms with Gasteiger partial charge < -0.3 is 9.73 Å². The van der Waals surface area contributed by atoms with Crippen molar-refractivity contribution in [2.45, 2.75) is 12.2 Å². The Morgan fingerprint density at radius 2 is 1.91 bits per heavy atom. The average molecular weight is 345 g/mol. The molecule has 124 valence electrons. The summed E-state index contributed by atoms with van der Waals surface area (Å²) in [6.45, 7) is 3.21. The van der Waals surface area contributed by atoms with Crippen molar-refractivity contribution in [1.82, 2.24) is 10.2 Å². The summed E-state index contributed by atoms with van der Waals surface area (Å²) in [7, 11) is 0. The van der Waals surface area contributed by atoms with Crippen molar-refractivity contribution < 1.29 is 17.6 Å². The van der Waals surface area contributed by atoms with E-state index in [1.165, 1.54) is 12.1 Å². The second-order valence-electron chi connectivity index (χ2n) is 5.44. The molecular formula is C16H16ClF3N2O. The molecule has 1 atom stereocenters. The molecule has 1 aromatic carbocycles. The first-order valence-electron chi connectivity index (χ1n) is 7.31. The molecule has 0 amide bonds. The van der Waals surface area contributed by atoms with E-state index in [1.54, 1.807) is 12.3 Å². The van der Waals surface area contributed by atoms with Crippen molar-refractivity contribution >= 4 is 11.6 Å². The van der Waals surface area contributed by atoms with Crippen LogP contribution in [-0.4, -0.2) is 31.1 Å². The van der Waals surface area contributed by atoms with Crippen LogP contribution in [0, 0.1) is 0 Å². The third-order valence-electron chi connectivity index (χ3n) is 3.94. The van der Waals surface area contributed by atoms with Crippen LogP contribution in [0.4, 0.5) is 13.2 Å². The topological polar surface area (TPSA) is 28.4 Å². The molecule has 1 aromatic heterocycles. The first kappa shape index (κ1) is 16.4. The largest absolute Gasteiger partial charge is 0.467 e. The van der Waals surface area contributed by atoms with Gasteiger partial charge in [-0.1, -0.05) is 17.7 Å². The fourth-order valence-corrected chi connectivity index (χ4v) is 3.17. The fourth-order valence-electron chi connectivity index (χ4n) is 2.87. The molecule has 3 nitrogen and oxygen atoms in total. The highest BCUT2D eigenvalue weighted by Crippen LogP contribution is 2.38. The summed E-state index contributed by atoms with van der Waals surface area (Å²) in [6, 6.07) is 7.26. The molecule has 0 saturated carbocycles. The number of benzene rings is 1. The predicted octanol–water partition coefficient (Wildman–Crippen LogP) is 3.95. The van der Waals surface area contributed by atoms with E-state index in [4.69, 9.17) is 16.0 Å². The summed E-state index contributed by atoms with van der Waals surface area (Å²) >= 11 is 5.88. The lowest BCUT2D eigenvalue weighted by molar-refractivity contribution is -0.137. The van der Waals surface area contributed by atoms with Crippen molar-refractivity contribution in [3.8, 4) is 0 Å². The lowest BCUT2D eigenvalue weighted by Crippen LogP contribution is -2.45. The molecule has 1 aliphatic heterocycles. The van der Waals surface area contributed by atoms with E-state index < -0.39 is 11.7 Å². The number of hydrogen-bond donors (Lipinski definition) is 1. The lowest BCUT2D eigenvalue weighted by Gasteiger charge is -2.34. The maximum Gasteiger partial charge on any atom is 0.417 e. The second-order valence-corrected chi connectivity index (χ2v) is 5.85. The molecule has 0 radical (unpaired) electrons. The Morgan fingerprint density at radius 3 is 2.48 bits per heavy atom. The molecular weight excluding hydrogens is 329 g/mol. The van der Waals surface area contributed by atoms with Crippen LogP contribution in [0.1, 0.15) is 22.9 Å². The Balaban J connectivity index is 1.98. The van der Waals surface area contributed by atoms with Gasteiger partial charge >= 0.3 is 6.18 Å². The summed E-state index contributed by atoms with van der Waals surface area (Å²) in [5, 5.41) is 2.97. The molecule has 1 fully saturated rings. The Kier molecular flexibility index (Phi) is 4.66. The van der Waals surface area contributed by atoms with Crippen molar-refractivity contribution in [1.29, 1.82) is 0 Å². The smallest absolute Gasteiger partial charge is 0.417 e. The van der Waals surface area contributed by atoms with Crippen molar-refractivity contribution in [2.24, 2.45) is 0 Å². The second kappa shape index (κ2) is 6.55. The minimum atomic E-state index is -4.45. The molecule has 2 aromatic rings. The zero-order valence-corrected chi connectivity index (χ0v) is 13.0. The number of rotatable bonds is 3. The molecule has 0 spiro atoms. The van der Waals surface area contributed by atoms with Crippen LogP contribution in [-0.2, 0) is 6.18 Å². The number of hydrogen-bond acceptors (Lipinski definition) is 3. The Hall–Kier alpha value is -1.50. The van der Waals surface area contributed by atoms with Crippen LogP contribution in [0.2, 0.25) is 5.02 Å². The van der Waals surface area contributed by atoms with E-state index in [9.17, 15) is 13.2 Å². The highest BCUT2D eigenvalue weighted by molar-refractivity contribution is 6.31. The molecule has 0 aliphatic carbocycles. The molecule has 1 aliphatic rings. The van der Waals surface area contributed by atoms with Crippen molar-refractivity contribution in [2.75, 3.05) is 26.2 Å². The van der Waals surface area contributed by atoms with Crippen LogP contribution in [0.3, 0.4) is 0 Å². The van der Waals surface area contributed by atoms with Gasteiger partial charge in [0.1, 0.15) is 5.76 Å². The van der Waals surface area contributed by atoms with Gasteiger partial charge in [-0.15, -0.1) is 0 Å². The van der Waals surface area contributed by atoms with Gasteiger partial charge in [0.2, 0.25) is 0 Å². The fraction of sp³-hybridized carbons (Fsp3) is 0.375. The van der Waals surface area contributed by atoms with E-state index in [0.29, 0.717) is 11.3 Å². The number of alkyl halides is 3. The summed E-state index contributed by atoms with van der Waals surface area (Å²) in [5.41, 5.74) is -0.124. The van der Waals surface area contributed by atoms with E-state index in [-0.39, 0.29) is 11.1 Å². The minimum absolute atomic E-state index is 0.244. The van der Waals surface area contributed by atoms with Gasteiger partial charge in [-0.25, -0.2) is 0 Å². The van der Waals surface area contributed by atoms with E-state index in [1.807, 2.05) is 6.07 Å². The Morgan fingerprint density at radius 1 is 1.17 bits per heavy atom. The van der Waals surface area contributed by atoms with Crippen LogP contribution in [0.5, 0.6) is 0 Å². The van der Waals surface area contributed by atoms with Crippen LogP contribution >= 0.6 is 11.6 Å². The zero-order valence-electron chi connectivity index (χ0n) is 12.2. The third kappa shape index (κ3) is 3.54. The summed E-state index contributed by atoms with van der Waals surface area (Å²) in [6.07, 6.45) is -2.89. The highest BCUT2D eigenvalue weighted by Gasteiger charge is 2.34. The van der Waals surface area contributed by atoms with Gasteiger partial charge in [-0.2, -0.15) is 13.2 Å². The van der Waals surface area contributed by atoms with Gasteiger partial charge in [-0.05, 0) is 29.8 Å². The van der Waals surface area contributed by atoms with E-state index in [2.05, 4.69) is 10.2 Å². The predicted molar refractivity (Wildman–Crippen MR) is 81.4 cm³/mol. The lowest BCUT2D eigenvalue weighted by atomic mass is 10.00. The molecule has 2 heterocycles. The number of nitrogens with one attached hydrogen (secondary N) is 1.